The van der Waals surface area contributed by atoms with Gasteiger partial charge in [-0.1, -0.05) is 23.7 Å². The molecule has 2 aliphatic heterocycles. The number of carbonyl (C=O) groups excluding carboxylic acids is 2. The molecular weight excluding hydrogens is 520 g/mol. The van der Waals surface area contributed by atoms with Gasteiger partial charge >= 0.3 is 11.7 Å². The first-order chi connectivity index (χ1) is 17.7. The van der Waals surface area contributed by atoms with Crippen LogP contribution in [0.1, 0.15) is 35.7 Å². The van der Waals surface area contributed by atoms with Gasteiger partial charge in [0.2, 0.25) is 0 Å². The van der Waals surface area contributed by atoms with Crippen LogP contribution < -0.4 is 5.69 Å². The number of hydrogen-bond donors (Lipinski definition) is 1. The number of para-hydroxylation sites is 2. The summed E-state index contributed by atoms with van der Waals surface area (Å²) >= 11 is 5.94. The fraction of sp³-hybridized carbons (Fsp3) is 0.400. The number of aromatic amines is 1. The summed E-state index contributed by atoms with van der Waals surface area (Å²) in [6.07, 6.45) is 1.68. The van der Waals surface area contributed by atoms with Gasteiger partial charge in [0.05, 0.1) is 35.7 Å². The van der Waals surface area contributed by atoms with Crippen molar-refractivity contribution in [1.29, 1.82) is 0 Å². The Hall–Kier alpha value is -3.15. The number of nitrogens with zero attached hydrogens (tertiary/aromatic N) is 3. The first kappa shape index (κ1) is 25.5. The molecule has 0 saturated carbocycles. The van der Waals surface area contributed by atoms with E-state index in [4.69, 9.17) is 16.3 Å². The molecule has 0 spiro atoms. The number of likely N-dealkylation sites (tertiary alicyclic amines) is 1. The molecule has 1 fully saturated rings. The summed E-state index contributed by atoms with van der Waals surface area (Å²) in [6.45, 7) is 1.75. The smallest absolute Gasteiger partial charge is 0.326 e. The third-order valence-corrected chi connectivity index (χ3v) is 9.25. The highest BCUT2D eigenvalue weighted by atomic mass is 35.5. The number of benzene rings is 2. The number of carbonyl (C=O) groups is 2. The molecule has 1 N–H and O–H groups in total. The molecule has 1 saturated heterocycles. The lowest BCUT2D eigenvalue weighted by Gasteiger charge is -2.37. The van der Waals surface area contributed by atoms with Crippen molar-refractivity contribution in [2.24, 2.45) is 5.92 Å². The van der Waals surface area contributed by atoms with Crippen LogP contribution in [0.5, 0.6) is 0 Å². The van der Waals surface area contributed by atoms with Crippen LogP contribution in [-0.4, -0.2) is 72.3 Å². The van der Waals surface area contributed by atoms with Crippen LogP contribution in [-0.2, 0) is 19.6 Å². The van der Waals surface area contributed by atoms with Crippen molar-refractivity contribution in [1.82, 2.24) is 18.8 Å². The Bertz CT molecular complexity index is 1530. The first-order valence-electron chi connectivity index (χ1n) is 12.1. The molecular formula is C25H27ClN4O6S. The number of hydrogen-bond acceptors (Lipinski definition) is 7. The molecule has 0 radical (unpaired) electrons. The predicted octanol–water partition coefficient (Wildman–Crippen LogP) is 2.64. The second kappa shape index (κ2) is 9.96. The number of amides is 1. The number of piperidine rings is 1. The van der Waals surface area contributed by atoms with Crippen LogP contribution >= 0.6 is 11.6 Å². The molecule has 3 heterocycles. The number of nitrogens with one attached hydrogen (secondary N) is 1. The molecule has 12 heteroatoms. The van der Waals surface area contributed by atoms with Crippen molar-refractivity contribution in [3.63, 3.8) is 0 Å². The maximum Gasteiger partial charge on any atom is 0.326 e. The second-order valence-corrected chi connectivity index (χ2v) is 11.6. The minimum Gasteiger partial charge on any atom is -0.469 e. The molecule has 0 bridgehead atoms. The maximum atomic E-state index is 12.8. The van der Waals surface area contributed by atoms with E-state index < -0.39 is 21.8 Å². The molecule has 2 aromatic carbocycles. The number of esters is 1. The maximum absolute atomic E-state index is 12.8. The Balaban J connectivity index is 1.23. The van der Waals surface area contributed by atoms with Crippen molar-refractivity contribution < 1.29 is 22.7 Å². The van der Waals surface area contributed by atoms with Crippen LogP contribution in [0.3, 0.4) is 0 Å². The Morgan fingerprint density at radius 3 is 2.68 bits per heavy atom. The van der Waals surface area contributed by atoms with Crippen LogP contribution in [0.25, 0.3) is 11.0 Å². The monoisotopic (exact) mass is 546 g/mol. The number of halogens is 1. The zero-order chi connectivity index (χ0) is 26.3. The summed E-state index contributed by atoms with van der Waals surface area (Å²) < 4.78 is 33.2. The van der Waals surface area contributed by atoms with Crippen molar-refractivity contribution in [3.8, 4) is 0 Å². The predicted molar refractivity (Wildman–Crippen MR) is 137 cm³/mol. The zero-order valence-electron chi connectivity index (χ0n) is 20.2. The van der Waals surface area contributed by atoms with Crippen molar-refractivity contribution in [2.75, 3.05) is 33.3 Å². The van der Waals surface area contributed by atoms with E-state index in [2.05, 4.69) is 9.88 Å². The van der Waals surface area contributed by atoms with Crippen LogP contribution in [0.4, 0.5) is 0 Å². The number of ether oxygens (including phenoxy) is 1. The zero-order valence-corrected chi connectivity index (χ0v) is 21.8. The van der Waals surface area contributed by atoms with E-state index in [0.717, 1.165) is 15.3 Å². The summed E-state index contributed by atoms with van der Waals surface area (Å²) in [7, 11) is -2.54. The number of rotatable bonds is 7. The summed E-state index contributed by atoms with van der Waals surface area (Å²) in [5.74, 6) is -1.47. The number of methoxy groups -OCH3 is 1. The fourth-order valence-electron chi connectivity index (χ4n) is 5.37. The van der Waals surface area contributed by atoms with Gasteiger partial charge in [-0.3, -0.25) is 14.2 Å². The van der Waals surface area contributed by atoms with Gasteiger partial charge in [0.25, 0.3) is 15.9 Å². The number of sulfonamides is 1. The number of H-pyrrole nitrogens is 1. The minimum absolute atomic E-state index is 0.0163. The van der Waals surface area contributed by atoms with E-state index in [0.29, 0.717) is 43.9 Å². The Kier molecular flexibility index (Phi) is 6.86. The third-order valence-electron chi connectivity index (χ3n) is 7.17. The molecule has 10 nitrogen and oxygen atoms in total. The van der Waals surface area contributed by atoms with E-state index in [1.165, 1.54) is 25.3 Å². The Morgan fingerprint density at radius 1 is 1.14 bits per heavy atom. The molecule has 2 atom stereocenters. The standard InChI is InChI=1S/C25H27ClN4O6S/c1-36-24(32)18-15-28(13-10-20(18)30-21-7-3-2-6-19(21)27-25(30)33)11-4-5-12-29-23(31)17-14-16(26)8-9-22(17)37(29,34)35/h2-3,6-9,14,18,20H,4-5,10-13,15H2,1H3,(H,27,33)/t18-,20-/m0/s1. The molecule has 1 amide bonds. The largest absolute Gasteiger partial charge is 0.469 e. The normalized spacial score (nSPS) is 21.4. The molecule has 0 unspecified atom stereocenters. The lowest BCUT2D eigenvalue weighted by Crippen LogP contribution is -2.47. The molecule has 37 heavy (non-hydrogen) atoms. The summed E-state index contributed by atoms with van der Waals surface area (Å²) in [4.78, 5) is 43.1. The molecule has 3 aromatic rings. The van der Waals surface area contributed by atoms with Gasteiger partial charge in [-0.2, -0.15) is 0 Å². The minimum atomic E-state index is -3.88. The molecule has 1 aromatic heterocycles. The SMILES string of the molecule is COC(=O)[C@H]1CN(CCCCN2C(=O)c3cc(Cl)ccc3S2(=O)=O)CC[C@@H]1n1c(=O)[nH]c2ccccc21. The molecule has 5 rings (SSSR count). The third kappa shape index (κ3) is 4.55. The van der Waals surface area contributed by atoms with Crippen molar-refractivity contribution in [3.05, 3.63) is 63.5 Å². The van der Waals surface area contributed by atoms with Gasteiger partial charge in [0, 0.05) is 24.7 Å². The summed E-state index contributed by atoms with van der Waals surface area (Å²) in [5.41, 5.74) is 1.31. The van der Waals surface area contributed by atoms with E-state index in [1.54, 1.807) is 4.57 Å². The van der Waals surface area contributed by atoms with Crippen LogP contribution in [0.15, 0.2) is 52.2 Å². The van der Waals surface area contributed by atoms with Gasteiger partial charge in [0.15, 0.2) is 0 Å². The highest BCUT2D eigenvalue weighted by Crippen LogP contribution is 2.33. The average molecular weight is 547 g/mol. The Labute approximate surface area is 218 Å². The molecule has 196 valence electrons. The van der Waals surface area contributed by atoms with Gasteiger partial charge in [-0.05, 0) is 56.1 Å². The van der Waals surface area contributed by atoms with Crippen molar-refractivity contribution >= 4 is 44.5 Å². The number of imidazole rings is 1. The van der Waals surface area contributed by atoms with E-state index in [1.807, 2.05) is 24.3 Å². The lowest BCUT2D eigenvalue weighted by molar-refractivity contribution is -0.149. The fourth-order valence-corrected chi connectivity index (χ4v) is 7.13. The van der Waals surface area contributed by atoms with Gasteiger partial charge < -0.3 is 14.6 Å². The number of fused-ring (bicyclic) bond motifs is 2. The molecule has 0 aliphatic carbocycles. The van der Waals surface area contributed by atoms with Gasteiger partial charge in [0.1, 0.15) is 4.90 Å². The Morgan fingerprint density at radius 2 is 1.89 bits per heavy atom. The van der Waals surface area contributed by atoms with Crippen LogP contribution in [0.2, 0.25) is 5.02 Å². The summed E-state index contributed by atoms with van der Waals surface area (Å²) in [6, 6.07) is 11.2. The lowest BCUT2D eigenvalue weighted by atomic mass is 9.91. The topological polar surface area (TPSA) is 122 Å². The quantitative estimate of drug-likeness (QED) is 0.357. The van der Waals surface area contributed by atoms with Crippen molar-refractivity contribution in [2.45, 2.75) is 30.2 Å². The van der Waals surface area contributed by atoms with Gasteiger partial charge in [-0.25, -0.2) is 17.5 Å². The second-order valence-electron chi connectivity index (χ2n) is 9.33. The average Bonchev–Trinajstić information content (AvgIpc) is 3.31. The van der Waals surface area contributed by atoms with E-state index in [-0.39, 0.29) is 34.7 Å². The highest BCUT2D eigenvalue weighted by molar-refractivity contribution is 7.90. The van der Waals surface area contributed by atoms with Crippen LogP contribution in [0, 0.1) is 5.92 Å². The number of unbranched alkanes of at least 4 members (excludes halogenated alkanes) is 1. The summed E-state index contributed by atoms with van der Waals surface area (Å²) in [5, 5.41) is 0.308. The molecule has 2 aliphatic rings. The van der Waals surface area contributed by atoms with Gasteiger partial charge in [-0.15, -0.1) is 0 Å². The first-order valence-corrected chi connectivity index (χ1v) is 13.9. The highest BCUT2D eigenvalue weighted by Gasteiger charge is 2.41. The number of aromatic nitrogens is 2. The van der Waals surface area contributed by atoms with E-state index in [9.17, 15) is 22.8 Å². The van der Waals surface area contributed by atoms with E-state index >= 15 is 0 Å².